The third-order valence-corrected chi connectivity index (χ3v) is 3.17. The van der Waals surface area contributed by atoms with E-state index in [1.165, 1.54) is 17.2 Å². The van der Waals surface area contributed by atoms with Crippen LogP contribution in [0.25, 0.3) is 0 Å². The van der Waals surface area contributed by atoms with Gasteiger partial charge in [0.2, 0.25) is 0 Å². The van der Waals surface area contributed by atoms with Gasteiger partial charge >= 0.3 is 0 Å². The average Bonchev–Trinajstić information content (AvgIpc) is 2.36. The van der Waals surface area contributed by atoms with Gasteiger partial charge < -0.3 is 5.73 Å². The fourth-order valence-corrected chi connectivity index (χ4v) is 2.22. The topological polar surface area (TPSA) is 26.0 Å². The van der Waals surface area contributed by atoms with Crippen molar-refractivity contribution in [1.82, 2.24) is 0 Å². The van der Waals surface area contributed by atoms with Gasteiger partial charge in [0, 0.05) is 5.92 Å². The number of halogens is 1. The van der Waals surface area contributed by atoms with Crippen molar-refractivity contribution in [2.75, 3.05) is 6.54 Å². The summed E-state index contributed by atoms with van der Waals surface area (Å²) >= 11 is 0. The normalized spacial score (nSPS) is 12.4. The van der Waals surface area contributed by atoms with Gasteiger partial charge in [-0.3, -0.25) is 0 Å². The van der Waals surface area contributed by atoms with E-state index in [-0.39, 0.29) is 11.7 Å². The Balaban J connectivity index is 2.19. The van der Waals surface area contributed by atoms with Gasteiger partial charge in [0.25, 0.3) is 0 Å². The van der Waals surface area contributed by atoms with Crippen LogP contribution in [0.5, 0.6) is 0 Å². The van der Waals surface area contributed by atoms with Crippen molar-refractivity contribution in [2.24, 2.45) is 5.73 Å². The van der Waals surface area contributed by atoms with E-state index in [0.717, 1.165) is 12.0 Å². The molecule has 0 aliphatic carbocycles. The average molecular weight is 243 g/mol. The molecule has 2 rings (SSSR count). The van der Waals surface area contributed by atoms with Gasteiger partial charge in [-0.15, -0.1) is 0 Å². The molecule has 0 aliphatic rings. The maximum absolute atomic E-state index is 13.2. The van der Waals surface area contributed by atoms with Crippen LogP contribution in [0.4, 0.5) is 4.39 Å². The van der Waals surface area contributed by atoms with Crippen molar-refractivity contribution < 1.29 is 4.39 Å². The molecule has 0 fully saturated rings. The summed E-state index contributed by atoms with van der Waals surface area (Å²) in [5, 5.41) is 0. The minimum Gasteiger partial charge on any atom is -0.330 e. The number of aryl methyl sites for hydroxylation is 1. The van der Waals surface area contributed by atoms with Crippen molar-refractivity contribution in [3.8, 4) is 0 Å². The molecule has 0 aliphatic heterocycles. The van der Waals surface area contributed by atoms with Crippen LogP contribution in [0.3, 0.4) is 0 Å². The first-order valence-electron chi connectivity index (χ1n) is 6.20. The van der Waals surface area contributed by atoms with Crippen LogP contribution in [-0.4, -0.2) is 6.54 Å². The molecule has 0 saturated heterocycles. The van der Waals surface area contributed by atoms with E-state index in [4.69, 9.17) is 5.73 Å². The fourth-order valence-electron chi connectivity index (χ4n) is 2.22. The summed E-state index contributed by atoms with van der Waals surface area (Å²) in [5.74, 6) is -0.0299. The Labute approximate surface area is 107 Å². The van der Waals surface area contributed by atoms with Crippen molar-refractivity contribution >= 4 is 0 Å². The summed E-state index contributed by atoms with van der Waals surface area (Å²) in [6.07, 6.45) is 0.849. The Bertz CT molecular complexity index is 522. The van der Waals surface area contributed by atoms with Crippen LogP contribution >= 0.6 is 0 Å². The second-order valence-electron chi connectivity index (χ2n) is 4.68. The lowest BCUT2D eigenvalue weighted by atomic mass is 9.91. The molecule has 0 heterocycles. The van der Waals surface area contributed by atoms with Crippen LogP contribution in [-0.2, 0) is 6.42 Å². The number of benzene rings is 2. The quantitative estimate of drug-likeness (QED) is 0.874. The Kier molecular flexibility index (Phi) is 4.11. The molecular weight excluding hydrogens is 225 g/mol. The molecule has 1 atom stereocenters. The molecule has 0 amide bonds. The predicted molar refractivity (Wildman–Crippen MR) is 73.1 cm³/mol. The number of hydrogen-bond acceptors (Lipinski definition) is 1. The highest BCUT2D eigenvalue weighted by atomic mass is 19.1. The standard InChI is InChI=1S/C16H18FN/c1-12-4-2-5-13(8-12)9-15(11-18)14-6-3-7-16(17)10-14/h2-8,10,15H,9,11,18H2,1H3. The second kappa shape index (κ2) is 5.78. The first-order valence-corrected chi connectivity index (χ1v) is 6.20. The Hall–Kier alpha value is -1.67. The minimum atomic E-state index is -0.199. The molecule has 94 valence electrons. The summed E-state index contributed by atoms with van der Waals surface area (Å²) in [5.41, 5.74) is 9.27. The van der Waals surface area contributed by atoms with Crippen molar-refractivity contribution in [3.05, 3.63) is 71.0 Å². The number of nitrogens with two attached hydrogens (primary N) is 1. The molecule has 2 N–H and O–H groups in total. The minimum absolute atomic E-state index is 0.169. The maximum Gasteiger partial charge on any atom is 0.123 e. The SMILES string of the molecule is Cc1cccc(CC(CN)c2cccc(F)c2)c1. The lowest BCUT2D eigenvalue weighted by molar-refractivity contribution is 0.616. The second-order valence-corrected chi connectivity index (χ2v) is 4.68. The van der Waals surface area contributed by atoms with Crippen LogP contribution in [0.15, 0.2) is 48.5 Å². The number of rotatable bonds is 4. The molecule has 0 saturated carbocycles. The first kappa shape index (κ1) is 12.8. The summed E-state index contributed by atoms with van der Waals surface area (Å²) in [6.45, 7) is 2.60. The predicted octanol–water partition coefficient (Wildman–Crippen LogP) is 3.42. The van der Waals surface area contributed by atoms with Gasteiger partial charge in [0.15, 0.2) is 0 Å². The van der Waals surface area contributed by atoms with Crippen LogP contribution in [0.1, 0.15) is 22.6 Å². The van der Waals surface area contributed by atoms with Crippen LogP contribution < -0.4 is 5.73 Å². The molecule has 2 heteroatoms. The van der Waals surface area contributed by atoms with Crippen LogP contribution in [0, 0.1) is 12.7 Å². The largest absolute Gasteiger partial charge is 0.330 e. The molecule has 2 aromatic rings. The third kappa shape index (κ3) is 3.17. The maximum atomic E-state index is 13.2. The Morgan fingerprint density at radius 1 is 1.11 bits per heavy atom. The van der Waals surface area contributed by atoms with Gasteiger partial charge in [-0.05, 0) is 43.1 Å². The highest BCUT2D eigenvalue weighted by Crippen LogP contribution is 2.21. The smallest absolute Gasteiger partial charge is 0.123 e. The summed E-state index contributed by atoms with van der Waals surface area (Å²) in [4.78, 5) is 0. The molecule has 0 spiro atoms. The lowest BCUT2D eigenvalue weighted by Crippen LogP contribution is -2.15. The summed E-state index contributed by atoms with van der Waals surface area (Å²) in [6, 6.07) is 15.1. The molecule has 2 aromatic carbocycles. The Morgan fingerprint density at radius 2 is 1.89 bits per heavy atom. The zero-order chi connectivity index (χ0) is 13.0. The van der Waals surface area contributed by atoms with Gasteiger partial charge in [-0.25, -0.2) is 4.39 Å². The van der Waals surface area contributed by atoms with E-state index >= 15 is 0 Å². The first-order chi connectivity index (χ1) is 8.69. The highest BCUT2D eigenvalue weighted by molar-refractivity contribution is 5.27. The lowest BCUT2D eigenvalue weighted by Gasteiger charge is -2.15. The van der Waals surface area contributed by atoms with Gasteiger partial charge in [-0.1, -0.05) is 42.0 Å². The molecule has 0 bridgehead atoms. The fraction of sp³-hybridized carbons (Fsp3) is 0.250. The highest BCUT2D eigenvalue weighted by Gasteiger charge is 2.11. The summed E-state index contributed by atoms with van der Waals surface area (Å²) in [7, 11) is 0. The van der Waals surface area contributed by atoms with Crippen molar-refractivity contribution in [3.63, 3.8) is 0 Å². The van der Waals surface area contributed by atoms with E-state index in [1.54, 1.807) is 12.1 Å². The zero-order valence-electron chi connectivity index (χ0n) is 10.6. The molecule has 0 aromatic heterocycles. The van der Waals surface area contributed by atoms with Crippen molar-refractivity contribution in [1.29, 1.82) is 0 Å². The monoisotopic (exact) mass is 243 g/mol. The molecule has 18 heavy (non-hydrogen) atoms. The van der Waals surface area contributed by atoms with E-state index in [2.05, 4.69) is 25.1 Å². The Morgan fingerprint density at radius 3 is 2.56 bits per heavy atom. The molecule has 1 nitrogen and oxygen atoms in total. The van der Waals surface area contributed by atoms with Gasteiger partial charge in [0.05, 0.1) is 0 Å². The third-order valence-electron chi connectivity index (χ3n) is 3.17. The van der Waals surface area contributed by atoms with E-state index in [9.17, 15) is 4.39 Å². The summed E-state index contributed by atoms with van der Waals surface area (Å²) < 4.78 is 13.2. The van der Waals surface area contributed by atoms with E-state index < -0.39 is 0 Å². The number of hydrogen-bond donors (Lipinski definition) is 1. The molecule has 1 unspecified atom stereocenters. The molecular formula is C16H18FN. The van der Waals surface area contributed by atoms with E-state index in [1.807, 2.05) is 12.1 Å². The van der Waals surface area contributed by atoms with Gasteiger partial charge in [-0.2, -0.15) is 0 Å². The van der Waals surface area contributed by atoms with Crippen molar-refractivity contribution in [2.45, 2.75) is 19.3 Å². The van der Waals surface area contributed by atoms with Gasteiger partial charge in [0.1, 0.15) is 5.82 Å². The van der Waals surface area contributed by atoms with Crippen LogP contribution in [0.2, 0.25) is 0 Å². The van der Waals surface area contributed by atoms with E-state index in [0.29, 0.717) is 6.54 Å². The zero-order valence-corrected chi connectivity index (χ0v) is 10.6. The molecule has 0 radical (unpaired) electrons.